The van der Waals surface area contributed by atoms with Gasteiger partial charge in [-0.25, -0.2) is 0 Å². The Morgan fingerprint density at radius 2 is 1.95 bits per heavy atom. The van der Waals surface area contributed by atoms with Crippen LogP contribution in [0.1, 0.15) is 52.9 Å². The monoisotopic (exact) mass is 281 g/mol. The summed E-state index contributed by atoms with van der Waals surface area (Å²) in [4.78, 5) is 0. The first-order valence-corrected chi connectivity index (χ1v) is 8.35. The summed E-state index contributed by atoms with van der Waals surface area (Å²) in [6, 6.07) is 0.741. The van der Waals surface area contributed by atoms with E-state index in [9.17, 15) is 0 Å². The standard InChI is InChI=1S/C17H31NO2/c1-16(2)12-7-8-17(16,3)15(9-12)20-14(11-19-4)10-18-13-5-6-13/h12-15,18H,5-11H2,1-4H3. The Morgan fingerprint density at radius 1 is 1.20 bits per heavy atom. The predicted octanol–water partition coefficient (Wildman–Crippen LogP) is 2.98. The van der Waals surface area contributed by atoms with Crippen molar-refractivity contribution in [2.24, 2.45) is 16.7 Å². The number of nitrogens with one attached hydrogen (secondary N) is 1. The molecule has 3 rings (SSSR count). The molecule has 0 aliphatic heterocycles. The quantitative estimate of drug-likeness (QED) is 0.778. The summed E-state index contributed by atoms with van der Waals surface area (Å²) in [5.41, 5.74) is 0.780. The number of methoxy groups -OCH3 is 1. The smallest absolute Gasteiger partial charge is 0.0936 e. The Kier molecular flexibility index (Phi) is 3.89. The molecule has 0 saturated heterocycles. The maximum Gasteiger partial charge on any atom is 0.0936 e. The molecule has 0 aromatic rings. The van der Waals surface area contributed by atoms with Crippen LogP contribution in [0.2, 0.25) is 0 Å². The molecule has 4 atom stereocenters. The van der Waals surface area contributed by atoms with E-state index in [1.807, 2.05) is 0 Å². The van der Waals surface area contributed by atoms with Crippen LogP contribution >= 0.6 is 0 Å². The third kappa shape index (κ3) is 2.42. The van der Waals surface area contributed by atoms with Crippen LogP contribution in [0.15, 0.2) is 0 Å². The Hall–Kier alpha value is -0.120. The van der Waals surface area contributed by atoms with Crippen molar-refractivity contribution in [3.63, 3.8) is 0 Å². The minimum Gasteiger partial charge on any atom is -0.382 e. The van der Waals surface area contributed by atoms with E-state index in [0.29, 0.717) is 23.5 Å². The third-order valence-corrected chi connectivity index (χ3v) is 6.63. The first kappa shape index (κ1) is 14.8. The molecule has 3 heteroatoms. The van der Waals surface area contributed by atoms with E-state index in [2.05, 4.69) is 26.1 Å². The number of hydrogen-bond acceptors (Lipinski definition) is 3. The van der Waals surface area contributed by atoms with Gasteiger partial charge in [0.25, 0.3) is 0 Å². The van der Waals surface area contributed by atoms with E-state index in [4.69, 9.17) is 9.47 Å². The van der Waals surface area contributed by atoms with Gasteiger partial charge in [0.2, 0.25) is 0 Å². The Balaban J connectivity index is 1.60. The molecule has 116 valence electrons. The lowest BCUT2D eigenvalue weighted by molar-refractivity contribution is -0.104. The highest BCUT2D eigenvalue weighted by Gasteiger charge is 2.62. The molecule has 3 aliphatic carbocycles. The second-order valence-electron chi connectivity index (χ2n) is 8.00. The van der Waals surface area contributed by atoms with Gasteiger partial charge in [0.05, 0.1) is 18.8 Å². The molecule has 0 spiro atoms. The maximum absolute atomic E-state index is 6.52. The van der Waals surface area contributed by atoms with E-state index < -0.39 is 0 Å². The van der Waals surface area contributed by atoms with Crippen molar-refractivity contribution in [3.05, 3.63) is 0 Å². The summed E-state index contributed by atoms with van der Waals surface area (Å²) in [6.07, 6.45) is 7.23. The largest absolute Gasteiger partial charge is 0.382 e. The van der Waals surface area contributed by atoms with Gasteiger partial charge in [-0.05, 0) is 48.9 Å². The first-order chi connectivity index (χ1) is 9.47. The second-order valence-corrected chi connectivity index (χ2v) is 8.00. The van der Waals surface area contributed by atoms with Gasteiger partial charge in [0.15, 0.2) is 0 Å². The van der Waals surface area contributed by atoms with Crippen molar-refractivity contribution in [1.29, 1.82) is 0 Å². The second kappa shape index (κ2) is 5.26. The van der Waals surface area contributed by atoms with Crippen LogP contribution in [0.4, 0.5) is 0 Å². The highest BCUT2D eigenvalue weighted by molar-refractivity contribution is 5.11. The van der Waals surface area contributed by atoms with Crippen molar-refractivity contribution >= 4 is 0 Å². The number of hydrogen-bond donors (Lipinski definition) is 1. The molecular formula is C17H31NO2. The molecule has 3 aliphatic rings. The van der Waals surface area contributed by atoms with Crippen molar-refractivity contribution in [2.45, 2.75) is 71.1 Å². The highest BCUT2D eigenvalue weighted by atomic mass is 16.5. The maximum atomic E-state index is 6.52. The molecule has 3 fully saturated rings. The molecule has 0 aromatic heterocycles. The number of fused-ring (bicyclic) bond motifs is 2. The fourth-order valence-corrected chi connectivity index (χ4v) is 4.49. The lowest BCUT2D eigenvalue weighted by Gasteiger charge is -2.40. The van der Waals surface area contributed by atoms with Gasteiger partial charge in [0.1, 0.15) is 0 Å². The molecule has 1 N–H and O–H groups in total. The number of ether oxygens (including phenoxy) is 2. The van der Waals surface area contributed by atoms with E-state index >= 15 is 0 Å². The molecule has 0 aromatic carbocycles. The molecule has 3 nitrogen and oxygen atoms in total. The van der Waals surface area contributed by atoms with Crippen molar-refractivity contribution in [1.82, 2.24) is 5.32 Å². The predicted molar refractivity (Wildman–Crippen MR) is 80.8 cm³/mol. The molecule has 3 saturated carbocycles. The van der Waals surface area contributed by atoms with Gasteiger partial charge >= 0.3 is 0 Å². The van der Waals surface area contributed by atoms with Crippen LogP contribution in [0.25, 0.3) is 0 Å². The molecule has 0 heterocycles. The molecule has 2 bridgehead atoms. The zero-order chi connectivity index (χ0) is 14.4. The van der Waals surface area contributed by atoms with E-state index in [-0.39, 0.29) is 6.10 Å². The zero-order valence-corrected chi connectivity index (χ0v) is 13.6. The minimum atomic E-state index is 0.206. The molecule has 0 radical (unpaired) electrons. The summed E-state index contributed by atoms with van der Waals surface area (Å²) < 4.78 is 11.9. The van der Waals surface area contributed by atoms with Crippen LogP contribution in [0, 0.1) is 16.7 Å². The topological polar surface area (TPSA) is 30.5 Å². The molecule has 4 unspecified atom stereocenters. The highest BCUT2D eigenvalue weighted by Crippen LogP contribution is 2.66. The van der Waals surface area contributed by atoms with Gasteiger partial charge < -0.3 is 14.8 Å². The first-order valence-electron chi connectivity index (χ1n) is 8.35. The van der Waals surface area contributed by atoms with Gasteiger partial charge in [-0.15, -0.1) is 0 Å². The summed E-state index contributed by atoms with van der Waals surface area (Å²) in [5, 5.41) is 3.59. The summed E-state index contributed by atoms with van der Waals surface area (Å²) in [7, 11) is 1.78. The average molecular weight is 281 g/mol. The van der Waals surface area contributed by atoms with E-state index in [1.165, 1.54) is 32.1 Å². The zero-order valence-electron chi connectivity index (χ0n) is 13.6. The summed E-state index contributed by atoms with van der Waals surface area (Å²) in [6.45, 7) is 8.99. The van der Waals surface area contributed by atoms with Crippen LogP contribution in [0.5, 0.6) is 0 Å². The van der Waals surface area contributed by atoms with Crippen LogP contribution < -0.4 is 5.32 Å². The lowest BCUT2D eigenvalue weighted by Crippen LogP contribution is -2.43. The van der Waals surface area contributed by atoms with Gasteiger partial charge in [-0.2, -0.15) is 0 Å². The fraction of sp³-hybridized carbons (Fsp3) is 1.00. The van der Waals surface area contributed by atoms with E-state index in [1.54, 1.807) is 7.11 Å². The SMILES string of the molecule is COCC(CNC1CC1)OC1CC2CCC1(C)C2(C)C. The molecule has 0 amide bonds. The normalized spacial score (nSPS) is 40.2. The third-order valence-electron chi connectivity index (χ3n) is 6.63. The van der Waals surface area contributed by atoms with Crippen molar-refractivity contribution < 1.29 is 9.47 Å². The van der Waals surface area contributed by atoms with E-state index in [0.717, 1.165) is 18.5 Å². The Labute approximate surface area is 123 Å². The number of rotatable bonds is 7. The molecule has 20 heavy (non-hydrogen) atoms. The van der Waals surface area contributed by atoms with Crippen LogP contribution in [0.3, 0.4) is 0 Å². The summed E-state index contributed by atoms with van der Waals surface area (Å²) in [5.74, 6) is 0.845. The van der Waals surface area contributed by atoms with Crippen LogP contribution in [-0.4, -0.2) is 38.5 Å². The van der Waals surface area contributed by atoms with Crippen molar-refractivity contribution in [3.8, 4) is 0 Å². The summed E-state index contributed by atoms with van der Waals surface area (Å²) >= 11 is 0. The fourth-order valence-electron chi connectivity index (χ4n) is 4.49. The van der Waals surface area contributed by atoms with Gasteiger partial charge in [0, 0.05) is 19.7 Å². The Morgan fingerprint density at radius 3 is 2.45 bits per heavy atom. The average Bonchev–Trinajstić information content (AvgIpc) is 3.16. The molecular weight excluding hydrogens is 250 g/mol. The van der Waals surface area contributed by atoms with Crippen molar-refractivity contribution in [2.75, 3.05) is 20.3 Å². The van der Waals surface area contributed by atoms with Gasteiger partial charge in [-0.3, -0.25) is 0 Å². The Bertz CT molecular complexity index is 353. The van der Waals surface area contributed by atoms with Crippen LogP contribution in [-0.2, 0) is 9.47 Å². The minimum absolute atomic E-state index is 0.206. The van der Waals surface area contributed by atoms with Gasteiger partial charge in [-0.1, -0.05) is 20.8 Å². The lowest BCUT2D eigenvalue weighted by atomic mass is 9.70.